The Morgan fingerprint density at radius 3 is 2.67 bits per heavy atom. The van der Waals surface area contributed by atoms with Gasteiger partial charge in [-0.1, -0.05) is 6.07 Å². The average molecular weight is 467 g/mol. The van der Waals surface area contributed by atoms with E-state index in [4.69, 9.17) is 14.5 Å². The maximum absolute atomic E-state index is 14.3. The Labute approximate surface area is 195 Å². The van der Waals surface area contributed by atoms with Crippen LogP contribution in [-0.4, -0.2) is 59.4 Å². The molecule has 0 fully saturated rings. The Balaban J connectivity index is 1.75. The number of thioether (sulfide) groups is 1. The first kappa shape index (κ1) is 22.6. The number of fused-ring (bicyclic) bond motifs is 1. The van der Waals surface area contributed by atoms with Gasteiger partial charge in [-0.15, -0.1) is 11.8 Å². The summed E-state index contributed by atoms with van der Waals surface area (Å²) in [4.78, 5) is 22.7. The Morgan fingerprint density at radius 2 is 1.97 bits per heavy atom. The Morgan fingerprint density at radius 1 is 1.15 bits per heavy atom. The zero-order valence-electron chi connectivity index (χ0n) is 18.7. The van der Waals surface area contributed by atoms with Crippen molar-refractivity contribution in [3.63, 3.8) is 0 Å². The summed E-state index contributed by atoms with van der Waals surface area (Å²) in [5.74, 6) is 0.550. The van der Waals surface area contributed by atoms with Crippen molar-refractivity contribution >= 4 is 28.7 Å². The van der Waals surface area contributed by atoms with Crippen LogP contribution in [0.25, 0.3) is 28.1 Å². The Bertz CT molecular complexity index is 1320. The molecule has 0 saturated carbocycles. The van der Waals surface area contributed by atoms with E-state index in [0.29, 0.717) is 22.8 Å². The summed E-state index contributed by atoms with van der Waals surface area (Å²) in [6.07, 6.45) is 3.84. The van der Waals surface area contributed by atoms with E-state index in [1.165, 1.54) is 29.8 Å². The van der Waals surface area contributed by atoms with Crippen LogP contribution < -0.4 is 9.47 Å². The maximum Gasteiger partial charge on any atom is 0.259 e. The molecule has 4 rings (SSSR count). The maximum atomic E-state index is 14.3. The van der Waals surface area contributed by atoms with Gasteiger partial charge in [-0.05, 0) is 42.7 Å². The minimum absolute atomic E-state index is 0.0468. The van der Waals surface area contributed by atoms with Crippen molar-refractivity contribution in [1.29, 1.82) is 0 Å². The van der Waals surface area contributed by atoms with Crippen LogP contribution in [-0.2, 0) is 4.79 Å². The molecule has 2 aromatic heterocycles. The van der Waals surface area contributed by atoms with Crippen molar-refractivity contribution in [3.8, 4) is 28.6 Å². The number of rotatable bonds is 7. The summed E-state index contributed by atoms with van der Waals surface area (Å²) < 4.78 is 26.9. The standard InChI is InChI=1S/C24H23FN4O3S/c1-28(2)21(30)14-32-17-7-5-6-16(13-17)29-11-10-18-23(29)26-22(27-24(18)33-4)15-8-9-20(31-3)19(25)12-15/h5-13H,14H2,1-4H3. The van der Waals surface area contributed by atoms with Crippen LogP contribution in [0.1, 0.15) is 0 Å². The second-order valence-electron chi connectivity index (χ2n) is 7.40. The van der Waals surface area contributed by atoms with Crippen LogP contribution >= 0.6 is 11.8 Å². The number of benzene rings is 2. The second-order valence-corrected chi connectivity index (χ2v) is 8.20. The van der Waals surface area contributed by atoms with Crippen molar-refractivity contribution in [2.75, 3.05) is 34.1 Å². The molecule has 7 nitrogen and oxygen atoms in total. The number of hydrogen-bond donors (Lipinski definition) is 0. The van der Waals surface area contributed by atoms with E-state index >= 15 is 0 Å². The molecule has 2 heterocycles. The molecule has 1 amide bonds. The predicted molar refractivity (Wildman–Crippen MR) is 127 cm³/mol. The van der Waals surface area contributed by atoms with E-state index < -0.39 is 5.82 Å². The molecule has 33 heavy (non-hydrogen) atoms. The summed E-state index contributed by atoms with van der Waals surface area (Å²) in [6.45, 7) is -0.0468. The molecule has 0 N–H and O–H groups in total. The van der Waals surface area contributed by atoms with Gasteiger partial charge < -0.3 is 18.9 Å². The molecular formula is C24H23FN4O3S. The van der Waals surface area contributed by atoms with E-state index in [1.54, 1.807) is 32.3 Å². The Hall–Kier alpha value is -3.59. The zero-order valence-corrected chi connectivity index (χ0v) is 19.5. The van der Waals surface area contributed by atoms with Crippen LogP contribution in [0.4, 0.5) is 4.39 Å². The number of ether oxygens (including phenoxy) is 2. The van der Waals surface area contributed by atoms with Crippen LogP contribution in [0.3, 0.4) is 0 Å². The quantitative estimate of drug-likeness (QED) is 0.297. The van der Waals surface area contributed by atoms with Gasteiger partial charge >= 0.3 is 0 Å². The van der Waals surface area contributed by atoms with E-state index in [0.717, 1.165) is 16.1 Å². The van der Waals surface area contributed by atoms with Crippen LogP contribution in [0, 0.1) is 5.82 Å². The molecule has 0 unspecified atom stereocenters. The first-order valence-electron chi connectivity index (χ1n) is 10.1. The number of likely N-dealkylation sites (N-methyl/N-ethyl adjacent to an activating group) is 1. The summed E-state index contributed by atoms with van der Waals surface area (Å²) in [7, 11) is 4.79. The SMILES string of the molecule is COc1ccc(-c2nc(SC)c3ccn(-c4cccc(OCC(=O)N(C)C)c4)c3n2)cc1F. The summed E-state index contributed by atoms with van der Waals surface area (Å²) in [5, 5.41) is 1.67. The van der Waals surface area contributed by atoms with Gasteiger partial charge in [0, 0.05) is 31.9 Å². The van der Waals surface area contributed by atoms with E-state index in [1.807, 2.05) is 41.3 Å². The van der Waals surface area contributed by atoms with Crippen molar-refractivity contribution in [3.05, 3.63) is 60.5 Å². The molecule has 0 aliphatic rings. The largest absolute Gasteiger partial charge is 0.494 e. The van der Waals surface area contributed by atoms with E-state index in [-0.39, 0.29) is 18.3 Å². The minimum Gasteiger partial charge on any atom is -0.494 e. The van der Waals surface area contributed by atoms with Crippen molar-refractivity contribution in [2.24, 2.45) is 0 Å². The third kappa shape index (κ3) is 4.63. The minimum atomic E-state index is -0.475. The number of halogens is 1. The van der Waals surface area contributed by atoms with Gasteiger partial charge in [0.2, 0.25) is 0 Å². The first-order chi connectivity index (χ1) is 15.9. The lowest BCUT2D eigenvalue weighted by molar-refractivity contribution is -0.130. The summed E-state index contributed by atoms with van der Waals surface area (Å²) in [6, 6.07) is 14.0. The number of nitrogens with zero attached hydrogens (tertiary/aromatic N) is 4. The lowest BCUT2D eigenvalue weighted by atomic mass is 10.2. The molecule has 2 aromatic carbocycles. The van der Waals surface area contributed by atoms with Gasteiger partial charge in [-0.25, -0.2) is 14.4 Å². The normalized spacial score (nSPS) is 10.9. The fourth-order valence-electron chi connectivity index (χ4n) is 3.28. The molecule has 0 aliphatic heterocycles. The van der Waals surface area contributed by atoms with Gasteiger partial charge in [-0.3, -0.25) is 4.79 Å². The average Bonchev–Trinajstić information content (AvgIpc) is 3.26. The third-order valence-electron chi connectivity index (χ3n) is 5.07. The predicted octanol–water partition coefficient (Wildman–Crippen LogP) is 4.42. The van der Waals surface area contributed by atoms with Crippen LogP contribution in [0.2, 0.25) is 0 Å². The highest BCUT2D eigenvalue weighted by molar-refractivity contribution is 7.98. The van der Waals surface area contributed by atoms with Crippen molar-refractivity contribution < 1.29 is 18.7 Å². The first-order valence-corrected chi connectivity index (χ1v) is 11.3. The lowest BCUT2D eigenvalue weighted by Crippen LogP contribution is -2.27. The van der Waals surface area contributed by atoms with Gasteiger partial charge in [0.15, 0.2) is 24.0 Å². The number of aromatic nitrogens is 3. The monoisotopic (exact) mass is 466 g/mol. The van der Waals surface area contributed by atoms with Gasteiger partial charge in [0.05, 0.1) is 18.2 Å². The zero-order chi connectivity index (χ0) is 23.5. The van der Waals surface area contributed by atoms with Crippen molar-refractivity contribution in [2.45, 2.75) is 5.03 Å². The highest BCUT2D eigenvalue weighted by Crippen LogP contribution is 2.31. The number of carbonyl (C=O) groups excluding carboxylic acids is 1. The van der Waals surface area contributed by atoms with Crippen LogP contribution in [0.15, 0.2) is 59.8 Å². The number of methoxy groups -OCH3 is 1. The molecule has 9 heteroatoms. The molecular weight excluding hydrogens is 443 g/mol. The highest BCUT2D eigenvalue weighted by Gasteiger charge is 2.15. The fraction of sp³-hybridized carbons (Fsp3) is 0.208. The van der Waals surface area contributed by atoms with Crippen molar-refractivity contribution in [1.82, 2.24) is 19.4 Å². The lowest BCUT2D eigenvalue weighted by Gasteiger charge is -2.13. The molecule has 0 atom stereocenters. The van der Waals surface area contributed by atoms with E-state index in [2.05, 4.69) is 4.98 Å². The Kier molecular flexibility index (Phi) is 6.50. The van der Waals surface area contributed by atoms with Gasteiger partial charge in [0.1, 0.15) is 16.4 Å². The highest BCUT2D eigenvalue weighted by atomic mass is 32.2. The second kappa shape index (κ2) is 9.50. The molecule has 170 valence electrons. The summed E-state index contributed by atoms with van der Waals surface area (Å²) in [5.41, 5.74) is 2.05. The summed E-state index contributed by atoms with van der Waals surface area (Å²) >= 11 is 1.49. The molecule has 0 bridgehead atoms. The van der Waals surface area contributed by atoms with Gasteiger partial charge in [0.25, 0.3) is 5.91 Å². The molecule has 0 spiro atoms. The smallest absolute Gasteiger partial charge is 0.259 e. The number of amides is 1. The van der Waals surface area contributed by atoms with Gasteiger partial charge in [-0.2, -0.15) is 0 Å². The third-order valence-corrected chi connectivity index (χ3v) is 5.77. The topological polar surface area (TPSA) is 69.5 Å². The molecule has 0 saturated heterocycles. The van der Waals surface area contributed by atoms with Crippen LogP contribution in [0.5, 0.6) is 11.5 Å². The number of carbonyl (C=O) groups is 1. The molecule has 4 aromatic rings. The number of hydrogen-bond acceptors (Lipinski definition) is 6. The fourth-order valence-corrected chi connectivity index (χ4v) is 3.84. The molecule has 0 radical (unpaired) electrons. The van der Waals surface area contributed by atoms with E-state index in [9.17, 15) is 9.18 Å². The molecule has 0 aliphatic carbocycles.